The minimum absolute atomic E-state index is 0.0469. The Bertz CT molecular complexity index is 1230. The number of hydrogen-bond donors (Lipinski definition) is 6. The maximum absolute atomic E-state index is 12.3. The number of nitrogens with zero attached hydrogens (tertiary/aromatic N) is 3. The molecule has 0 spiro atoms. The molecule has 1 unspecified atom stereocenters. The Morgan fingerprint density at radius 3 is 2.44 bits per heavy atom. The molecule has 34 heavy (non-hydrogen) atoms. The second-order valence-electron chi connectivity index (χ2n) is 6.78. The van der Waals surface area contributed by atoms with Gasteiger partial charge in [-0.15, -0.1) is 0 Å². The number of carbonyl (C=O) groups excluding carboxylic acids is 2. The summed E-state index contributed by atoms with van der Waals surface area (Å²) < 4.78 is 0. The topological polar surface area (TPSA) is 219 Å². The molecule has 0 aliphatic carbocycles. The summed E-state index contributed by atoms with van der Waals surface area (Å²) in [6.45, 7) is 4.24. The van der Waals surface area contributed by atoms with E-state index in [2.05, 4.69) is 30.6 Å². The van der Waals surface area contributed by atoms with E-state index in [0.29, 0.717) is 11.4 Å². The van der Waals surface area contributed by atoms with Crippen LogP contribution in [0.3, 0.4) is 0 Å². The van der Waals surface area contributed by atoms with Crippen LogP contribution in [-0.4, -0.2) is 48.9 Å². The minimum Gasteiger partial charge on any atom is -0.480 e. The van der Waals surface area contributed by atoms with Gasteiger partial charge in [0, 0.05) is 17.7 Å². The van der Waals surface area contributed by atoms with Gasteiger partial charge in [-0.1, -0.05) is 13.8 Å². The first kappa shape index (κ1) is 25.7. The van der Waals surface area contributed by atoms with Crippen LogP contribution in [0.1, 0.15) is 42.7 Å². The molecule has 8 N–H and O–H groups in total. The SMILES string of the molecule is CC.NC(=O)CCC(NC(=O)c1ccc(NCc2cnc3nc(N)[nH]c(=O)c3n2)cc1)C(=O)O. The van der Waals surface area contributed by atoms with E-state index in [9.17, 15) is 24.3 Å². The molecule has 2 amide bonds. The molecule has 2 aromatic heterocycles. The lowest BCUT2D eigenvalue weighted by Crippen LogP contribution is -2.41. The molecule has 0 saturated carbocycles. The van der Waals surface area contributed by atoms with Crippen LogP contribution in [0.2, 0.25) is 0 Å². The molecule has 180 valence electrons. The number of aromatic nitrogens is 4. The van der Waals surface area contributed by atoms with Crippen LogP contribution in [-0.2, 0) is 16.1 Å². The van der Waals surface area contributed by atoms with Crippen molar-refractivity contribution in [1.29, 1.82) is 0 Å². The number of carboxylic acid groups (broad SMARTS) is 1. The second kappa shape index (κ2) is 11.9. The Balaban J connectivity index is 0.00000199. The summed E-state index contributed by atoms with van der Waals surface area (Å²) in [6, 6.07) is 5.03. The molecule has 0 aliphatic heterocycles. The number of rotatable bonds is 9. The molecule has 1 aromatic carbocycles. The third-order valence-electron chi connectivity index (χ3n) is 4.39. The molecule has 0 radical (unpaired) electrons. The van der Waals surface area contributed by atoms with E-state index < -0.39 is 29.4 Å². The van der Waals surface area contributed by atoms with E-state index in [1.165, 1.54) is 18.3 Å². The lowest BCUT2D eigenvalue weighted by Gasteiger charge is -2.14. The number of anilines is 2. The maximum Gasteiger partial charge on any atom is 0.326 e. The normalized spacial score (nSPS) is 11.1. The van der Waals surface area contributed by atoms with Gasteiger partial charge in [0.25, 0.3) is 11.5 Å². The predicted molar refractivity (Wildman–Crippen MR) is 125 cm³/mol. The van der Waals surface area contributed by atoms with Crippen LogP contribution in [0.15, 0.2) is 35.3 Å². The number of carbonyl (C=O) groups is 3. The average Bonchev–Trinajstić information content (AvgIpc) is 2.81. The molecular weight excluding hydrogens is 444 g/mol. The summed E-state index contributed by atoms with van der Waals surface area (Å²) in [5.41, 5.74) is 11.6. The number of nitrogens with two attached hydrogens (primary N) is 2. The van der Waals surface area contributed by atoms with Crippen molar-refractivity contribution in [2.75, 3.05) is 11.1 Å². The zero-order valence-corrected chi connectivity index (χ0v) is 18.7. The maximum atomic E-state index is 12.3. The number of aromatic amines is 1. The van der Waals surface area contributed by atoms with Crippen LogP contribution in [0.25, 0.3) is 11.2 Å². The van der Waals surface area contributed by atoms with E-state index in [4.69, 9.17) is 11.5 Å². The number of fused-ring (bicyclic) bond motifs is 1. The highest BCUT2D eigenvalue weighted by Crippen LogP contribution is 2.12. The van der Waals surface area contributed by atoms with E-state index in [0.717, 1.165) is 0 Å². The van der Waals surface area contributed by atoms with Crippen LogP contribution in [0, 0.1) is 0 Å². The van der Waals surface area contributed by atoms with E-state index in [-0.39, 0.29) is 42.1 Å². The second-order valence-corrected chi connectivity index (χ2v) is 6.78. The lowest BCUT2D eigenvalue weighted by molar-refractivity contribution is -0.139. The van der Waals surface area contributed by atoms with Crippen LogP contribution in [0.5, 0.6) is 0 Å². The fourth-order valence-electron chi connectivity index (χ4n) is 2.77. The standard InChI is InChI=1S/C19H20N8O5.C2H6/c20-13(28)6-5-12(18(31)32)25-16(29)9-1-3-10(4-2-9)22-7-11-8-23-15-14(24-11)17(30)27-19(21)26-15;1-2/h1-4,8,12,22H,5-7H2,(H2,20,28)(H,25,29)(H,31,32)(H3,21,23,26,27,30);1-2H3. The number of H-pyrrole nitrogens is 1. The first-order chi connectivity index (χ1) is 16.2. The smallest absolute Gasteiger partial charge is 0.326 e. The molecule has 2 heterocycles. The van der Waals surface area contributed by atoms with Gasteiger partial charge in [-0.2, -0.15) is 4.98 Å². The van der Waals surface area contributed by atoms with Crippen molar-refractivity contribution in [3.8, 4) is 0 Å². The number of benzene rings is 1. The van der Waals surface area contributed by atoms with Crippen molar-refractivity contribution in [1.82, 2.24) is 25.3 Å². The van der Waals surface area contributed by atoms with Crippen molar-refractivity contribution in [3.63, 3.8) is 0 Å². The van der Waals surface area contributed by atoms with Gasteiger partial charge < -0.3 is 27.2 Å². The molecule has 0 saturated heterocycles. The van der Waals surface area contributed by atoms with Crippen molar-refractivity contribution in [2.24, 2.45) is 5.73 Å². The fourth-order valence-corrected chi connectivity index (χ4v) is 2.77. The molecule has 0 fully saturated rings. The van der Waals surface area contributed by atoms with E-state index >= 15 is 0 Å². The zero-order chi connectivity index (χ0) is 25.3. The summed E-state index contributed by atoms with van der Waals surface area (Å²) in [7, 11) is 0. The van der Waals surface area contributed by atoms with E-state index in [1.807, 2.05) is 13.8 Å². The van der Waals surface area contributed by atoms with E-state index in [1.54, 1.807) is 12.1 Å². The van der Waals surface area contributed by atoms with Crippen molar-refractivity contribution in [3.05, 3.63) is 52.1 Å². The van der Waals surface area contributed by atoms with Crippen LogP contribution < -0.4 is 27.7 Å². The molecule has 0 aliphatic rings. The molecule has 3 rings (SSSR count). The molecule has 0 bridgehead atoms. The van der Waals surface area contributed by atoms with Gasteiger partial charge in [-0.25, -0.2) is 14.8 Å². The molecule has 1 atom stereocenters. The molecular formula is C21H26N8O5. The van der Waals surface area contributed by atoms with Gasteiger partial charge in [0.15, 0.2) is 11.2 Å². The minimum atomic E-state index is -1.26. The number of amides is 2. The third kappa shape index (κ3) is 6.98. The Labute approximate surface area is 194 Å². The highest BCUT2D eigenvalue weighted by atomic mass is 16.4. The van der Waals surface area contributed by atoms with Crippen LogP contribution >= 0.6 is 0 Å². The highest BCUT2D eigenvalue weighted by molar-refractivity contribution is 5.97. The number of carboxylic acids is 1. The zero-order valence-electron chi connectivity index (χ0n) is 18.7. The van der Waals surface area contributed by atoms with Gasteiger partial charge in [-0.3, -0.25) is 19.4 Å². The number of nitrogen functional groups attached to an aromatic ring is 1. The Kier molecular flexibility index (Phi) is 9.00. The number of hydrogen-bond acceptors (Lipinski definition) is 9. The van der Waals surface area contributed by atoms with Gasteiger partial charge in [0.2, 0.25) is 11.9 Å². The lowest BCUT2D eigenvalue weighted by atomic mass is 10.1. The summed E-state index contributed by atoms with van der Waals surface area (Å²) in [4.78, 5) is 60.9. The first-order valence-electron chi connectivity index (χ1n) is 10.4. The monoisotopic (exact) mass is 470 g/mol. The summed E-state index contributed by atoms with van der Waals surface area (Å²) >= 11 is 0. The summed E-state index contributed by atoms with van der Waals surface area (Å²) in [6.07, 6.45) is 1.20. The van der Waals surface area contributed by atoms with Gasteiger partial charge in [0.05, 0.1) is 18.4 Å². The number of aliphatic carboxylic acids is 1. The Morgan fingerprint density at radius 1 is 1.15 bits per heavy atom. The average molecular weight is 470 g/mol. The van der Waals surface area contributed by atoms with Crippen molar-refractivity contribution >= 4 is 40.6 Å². The molecule has 13 nitrogen and oxygen atoms in total. The third-order valence-corrected chi connectivity index (χ3v) is 4.39. The largest absolute Gasteiger partial charge is 0.480 e. The predicted octanol–water partition coefficient (Wildman–Crippen LogP) is 0.382. The van der Waals surface area contributed by atoms with Crippen molar-refractivity contribution in [2.45, 2.75) is 39.3 Å². The Morgan fingerprint density at radius 2 is 1.82 bits per heavy atom. The van der Waals surface area contributed by atoms with Gasteiger partial charge in [-0.05, 0) is 30.7 Å². The fraction of sp³-hybridized carbons (Fsp3) is 0.286. The van der Waals surface area contributed by atoms with Gasteiger partial charge >= 0.3 is 5.97 Å². The summed E-state index contributed by atoms with van der Waals surface area (Å²) in [5, 5.41) is 14.6. The summed E-state index contributed by atoms with van der Waals surface area (Å²) in [5.74, 6) is -2.55. The highest BCUT2D eigenvalue weighted by Gasteiger charge is 2.21. The van der Waals surface area contributed by atoms with Crippen LogP contribution in [0.4, 0.5) is 11.6 Å². The van der Waals surface area contributed by atoms with Crippen molar-refractivity contribution < 1.29 is 19.5 Å². The number of nitrogens with one attached hydrogen (secondary N) is 3. The molecule has 3 aromatic rings. The Hall–Kier alpha value is -4.55. The molecule has 13 heteroatoms. The first-order valence-corrected chi connectivity index (χ1v) is 10.4. The quantitative estimate of drug-likeness (QED) is 0.252. The van der Waals surface area contributed by atoms with Gasteiger partial charge in [0.1, 0.15) is 6.04 Å². The number of primary amides is 1.